The quantitative estimate of drug-likeness (QED) is 0.331. The van der Waals surface area contributed by atoms with Gasteiger partial charge in [-0.05, 0) is 39.8 Å². The zero-order chi connectivity index (χ0) is 26.6. The summed E-state index contributed by atoms with van der Waals surface area (Å²) in [6.07, 6.45) is 5.34. The van der Waals surface area contributed by atoms with Crippen LogP contribution in [-0.2, 0) is 4.79 Å². The average Bonchev–Trinajstić information content (AvgIpc) is 3.60. The Balaban J connectivity index is 1.24. The number of H-pyrrole nitrogens is 1. The predicted molar refractivity (Wildman–Crippen MR) is 150 cm³/mol. The van der Waals surface area contributed by atoms with Gasteiger partial charge in [0.15, 0.2) is 5.16 Å². The number of carbonyl (C=O) groups is 1. The summed E-state index contributed by atoms with van der Waals surface area (Å²) in [5.41, 5.74) is 1.48. The van der Waals surface area contributed by atoms with Crippen molar-refractivity contribution in [2.45, 2.75) is 43.1 Å². The number of aryl methyl sites for hydroxylation is 1. The van der Waals surface area contributed by atoms with Gasteiger partial charge >= 0.3 is 0 Å². The summed E-state index contributed by atoms with van der Waals surface area (Å²) in [5, 5.41) is 15.9. The molecule has 3 aromatic heterocycles. The normalized spacial score (nSPS) is 18.0. The van der Waals surface area contributed by atoms with Crippen molar-refractivity contribution in [2.24, 2.45) is 0 Å². The van der Waals surface area contributed by atoms with E-state index in [1.54, 1.807) is 22.6 Å². The first-order chi connectivity index (χ1) is 18.4. The Hall–Kier alpha value is -3.38. The number of hydrogen-bond acceptors (Lipinski definition) is 9. The Labute approximate surface area is 227 Å². The van der Waals surface area contributed by atoms with Crippen LogP contribution >= 0.6 is 11.8 Å². The largest absolute Gasteiger partial charge is 0.354 e. The number of amides is 1. The van der Waals surface area contributed by atoms with Gasteiger partial charge in [-0.15, -0.1) is 0 Å². The van der Waals surface area contributed by atoms with Crippen molar-refractivity contribution in [1.82, 2.24) is 39.7 Å². The summed E-state index contributed by atoms with van der Waals surface area (Å²) in [5.74, 6) is 2.49. The summed E-state index contributed by atoms with van der Waals surface area (Å²) in [6, 6.07) is 5.66. The smallest absolute Gasteiger partial charge is 0.251 e. The molecule has 38 heavy (non-hydrogen) atoms. The number of carbonyl (C=O) groups excluding carboxylic acids is 1. The topological polar surface area (TPSA) is 111 Å². The number of nitrogens with one attached hydrogen (secondary N) is 2. The van der Waals surface area contributed by atoms with Crippen molar-refractivity contribution >= 4 is 35.1 Å². The number of piperidine rings is 1. The Morgan fingerprint density at radius 1 is 1.16 bits per heavy atom. The van der Waals surface area contributed by atoms with Gasteiger partial charge in [-0.2, -0.15) is 10.2 Å². The molecule has 202 valence electrons. The standard InChI is InChI=1S/C26H36N10OS/c1-18-16-23(32-31-18)28-22-17-24(34-14-12-33(4)13-15-34)30-26(29-22)38-21-6-10-35(11-7-21)25(37)19(2)20(3)36-9-5-8-27-36/h5,8-9,16-17,20-21H,2,6-7,10-15H2,1,3-4H3,(H2,28,29,30,31,32). The number of rotatable bonds is 8. The summed E-state index contributed by atoms with van der Waals surface area (Å²) < 4.78 is 1.77. The molecular formula is C26H36N10OS. The van der Waals surface area contributed by atoms with E-state index < -0.39 is 0 Å². The van der Waals surface area contributed by atoms with Crippen molar-refractivity contribution < 1.29 is 4.79 Å². The van der Waals surface area contributed by atoms with Crippen LogP contribution in [0, 0.1) is 6.92 Å². The van der Waals surface area contributed by atoms with E-state index in [1.807, 2.05) is 43.1 Å². The highest BCUT2D eigenvalue weighted by Crippen LogP contribution is 2.32. The van der Waals surface area contributed by atoms with E-state index in [0.29, 0.717) is 23.9 Å². The fraction of sp³-hybridized carbons (Fsp3) is 0.500. The molecule has 1 atom stereocenters. The van der Waals surface area contributed by atoms with Gasteiger partial charge in [0.1, 0.15) is 17.5 Å². The average molecular weight is 537 g/mol. The molecule has 0 saturated carbocycles. The lowest BCUT2D eigenvalue weighted by Crippen LogP contribution is -2.44. The van der Waals surface area contributed by atoms with Crippen LogP contribution in [0.5, 0.6) is 0 Å². The molecular weight excluding hydrogens is 500 g/mol. The third kappa shape index (κ3) is 6.18. The van der Waals surface area contributed by atoms with Crippen LogP contribution in [0.1, 0.15) is 31.5 Å². The molecule has 5 rings (SSSR count). The maximum atomic E-state index is 13.1. The van der Waals surface area contributed by atoms with Gasteiger partial charge in [-0.25, -0.2) is 9.97 Å². The highest BCUT2D eigenvalue weighted by molar-refractivity contribution is 7.99. The third-order valence-electron chi connectivity index (χ3n) is 7.19. The second-order valence-electron chi connectivity index (χ2n) is 10.0. The van der Waals surface area contributed by atoms with E-state index in [2.05, 4.69) is 44.0 Å². The minimum atomic E-state index is -0.167. The molecule has 2 fully saturated rings. The Bertz CT molecular complexity index is 1240. The molecule has 0 aromatic carbocycles. The van der Waals surface area contributed by atoms with Crippen molar-refractivity contribution in [3.8, 4) is 0 Å². The molecule has 0 bridgehead atoms. The van der Waals surface area contributed by atoms with E-state index in [0.717, 1.165) is 67.3 Å². The fourth-order valence-electron chi connectivity index (χ4n) is 4.73. The van der Waals surface area contributed by atoms with Gasteiger partial charge in [0.25, 0.3) is 5.91 Å². The van der Waals surface area contributed by atoms with Gasteiger partial charge in [0, 0.05) is 74.6 Å². The fourth-order valence-corrected chi connectivity index (χ4v) is 5.77. The van der Waals surface area contributed by atoms with Crippen LogP contribution in [0.4, 0.5) is 17.5 Å². The molecule has 5 heterocycles. The number of aromatic nitrogens is 6. The van der Waals surface area contributed by atoms with Crippen LogP contribution in [0.15, 0.2) is 47.9 Å². The molecule has 2 aliphatic heterocycles. The van der Waals surface area contributed by atoms with E-state index in [4.69, 9.17) is 9.97 Å². The zero-order valence-corrected chi connectivity index (χ0v) is 23.1. The Kier molecular flexibility index (Phi) is 7.98. The molecule has 0 spiro atoms. The molecule has 2 N–H and O–H groups in total. The molecule has 3 aromatic rings. The summed E-state index contributed by atoms with van der Waals surface area (Å²) in [6.45, 7) is 13.2. The lowest BCUT2D eigenvalue weighted by molar-refractivity contribution is -0.128. The van der Waals surface area contributed by atoms with E-state index in [1.165, 1.54) is 0 Å². The van der Waals surface area contributed by atoms with Gasteiger partial charge in [-0.3, -0.25) is 14.6 Å². The molecule has 0 radical (unpaired) electrons. The predicted octanol–water partition coefficient (Wildman–Crippen LogP) is 3.10. The summed E-state index contributed by atoms with van der Waals surface area (Å²) in [4.78, 5) is 29.4. The maximum absolute atomic E-state index is 13.1. The first-order valence-electron chi connectivity index (χ1n) is 13.1. The maximum Gasteiger partial charge on any atom is 0.251 e. The van der Waals surface area contributed by atoms with E-state index >= 15 is 0 Å². The number of likely N-dealkylation sites (N-methyl/N-ethyl adjacent to an activating group) is 1. The highest BCUT2D eigenvalue weighted by Gasteiger charge is 2.28. The van der Waals surface area contributed by atoms with Gasteiger partial charge in [0.2, 0.25) is 0 Å². The summed E-state index contributed by atoms with van der Waals surface area (Å²) >= 11 is 1.70. The first-order valence-corrected chi connectivity index (χ1v) is 14.0. The van der Waals surface area contributed by atoms with Crippen molar-refractivity contribution in [3.63, 3.8) is 0 Å². The third-order valence-corrected chi connectivity index (χ3v) is 8.39. The number of anilines is 3. The molecule has 12 heteroatoms. The lowest BCUT2D eigenvalue weighted by Gasteiger charge is -2.34. The Morgan fingerprint density at radius 2 is 1.92 bits per heavy atom. The minimum absolute atomic E-state index is 0.00565. The number of likely N-dealkylation sites (tertiary alicyclic amines) is 1. The van der Waals surface area contributed by atoms with Crippen LogP contribution < -0.4 is 10.2 Å². The monoisotopic (exact) mass is 536 g/mol. The van der Waals surface area contributed by atoms with Crippen LogP contribution in [-0.4, -0.2) is 97.2 Å². The molecule has 1 amide bonds. The van der Waals surface area contributed by atoms with Crippen molar-refractivity contribution in [1.29, 1.82) is 0 Å². The lowest BCUT2D eigenvalue weighted by atomic mass is 10.1. The van der Waals surface area contributed by atoms with Gasteiger partial charge in [0.05, 0.1) is 11.7 Å². The number of hydrogen-bond donors (Lipinski definition) is 2. The Morgan fingerprint density at radius 3 is 2.58 bits per heavy atom. The summed E-state index contributed by atoms with van der Waals surface area (Å²) in [7, 11) is 2.15. The second kappa shape index (κ2) is 11.6. The number of nitrogens with zero attached hydrogens (tertiary/aromatic N) is 8. The molecule has 2 aliphatic rings. The molecule has 0 aliphatic carbocycles. The molecule has 11 nitrogen and oxygen atoms in total. The van der Waals surface area contributed by atoms with E-state index in [-0.39, 0.29) is 11.9 Å². The zero-order valence-electron chi connectivity index (χ0n) is 22.3. The second-order valence-corrected chi connectivity index (χ2v) is 11.3. The van der Waals surface area contributed by atoms with Gasteiger partial charge in [-0.1, -0.05) is 18.3 Å². The minimum Gasteiger partial charge on any atom is -0.354 e. The van der Waals surface area contributed by atoms with E-state index in [9.17, 15) is 4.79 Å². The van der Waals surface area contributed by atoms with Crippen molar-refractivity contribution in [3.05, 3.63) is 48.4 Å². The number of piperazine rings is 1. The van der Waals surface area contributed by atoms with Crippen LogP contribution in [0.3, 0.4) is 0 Å². The highest BCUT2D eigenvalue weighted by atomic mass is 32.2. The molecule has 2 saturated heterocycles. The van der Waals surface area contributed by atoms with Gasteiger partial charge < -0.3 is 20.0 Å². The number of aromatic amines is 1. The van der Waals surface area contributed by atoms with Crippen molar-refractivity contribution in [2.75, 3.05) is 56.5 Å². The molecule has 1 unspecified atom stereocenters. The van der Waals surface area contributed by atoms with Crippen LogP contribution in [0.2, 0.25) is 0 Å². The van der Waals surface area contributed by atoms with Crippen LogP contribution in [0.25, 0.3) is 0 Å². The SMILES string of the molecule is C=C(C(=O)N1CCC(Sc2nc(Nc3cc(C)n[nH]3)cc(N3CCN(C)CC3)n2)CC1)C(C)n1cccn1. The first kappa shape index (κ1) is 26.2. The number of thioether (sulfide) groups is 1.